The molecule has 5 nitrogen and oxygen atoms in total. The molecule has 0 saturated heterocycles. The van der Waals surface area contributed by atoms with Gasteiger partial charge in [-0.2, -0.15) is 0 Å². The van der Waals surface area contributed by atoms with Crippen molar-refractivity contribution >= 4 is 16.9 Å². The van der Waals surface area contributed by atoms with Crippen LogP contribution in [0.15, 0.2) is 48.8 Å². The van der Waals surface area contributed by atoms with Crippen LogP contribution in [0.2, 0.25) is 0 Å². The van der Waals surface area contributed by atoms with Gasteiger partial charge in [-0.15, -0.1) is 0 Å². The lowest BCUT2D eigenvalue weighted by Gasteiger charge is -2.19. The van der Waals surface area contributed by atoms with Gasteiger partial charge in [-0.1, -0.05) is 12.1 Å². The Labute approximate surface area is 135 Å². The van der Waals surface area contributed by atoms with Gasteiger partial charge in [-0.25, -0.2) is 4.98 Å². The summed E-state index contributed by atoms with van der Waals surface area (Å²) in [5.74, 6) is 0.905. The Kier molecular flexibility index (Phi) is 4.37. The normalized spacial score (nSPS) is 10.9. The monoisotopic (exact) mass is 308 g/mol. The molecule has 0 aliphatic rings. The largest absolute Gasteiger partial charge is 0.342 e. The fraction of sp³-hybridized carbons (Fsp3) is 0.278. The van der Waals surface area contributed by atoms with Gasteiger partial charge in [0, 0.05) is 31.0 Å². The summed E-state index contributed by atoms with van der Waals surface area (Å²) in [6, 6.07) is 11.7. The molecule has 2 heterocycles. The number of fused-ring (bicyclic) bond motifs is 1. The quantitative estimate of drug-likeness (QED) is 0.728. The van der Waals surface area contributed by atoms with Gasteiger partial charge >= 0.3 is 0 Å². The molecule has 1 aromatic carbocycles. The summed E-state index contributed by atoms with van der Waals surface area (Å²) in [4.78, 5) is 23.2. The molecule has 1 amide bonds. The molecule has 0 bridgehead atoms. The smallest absolute Gasteiger partial charge is 0.242 e. The minimum Gasteiger partial charge on any atom is -0.342 e. The summed E-state index contributed by atoms with van der Waals surface area (Å²) in [6.07, 6.45) is 3.48. The van der Waals surface area contributed by atoms with E-state index < -0.39 is 0 Å². The minimum atomic E-state index is 0.105. The summed E-state index contributed by atoms with van der Waals surface area (Å²) in [6.45, 7) is 5.72. The number of aromatic nitrogens is 3. The van der Waals surface area contributed by atoms with E-state index >= 15 is 0 Å². The molecular formula is C18H20N4O. The molecule has 23 heavy (non-hydrogen) atoms. The maximum atomic E-state index is 12.6. The number of imidazole rings is 1. The van der Waals surface area contributed by atoms with Gasteiger partial charge in [0.1, 0.15) is 12.4 Å². The minimum absolute atomic E-state index is 0.105. The van der Waals surface area contributed by atoms with Crippen molar-refractivity contribution in [2.24, 2.45) is 0 Å². The predicted octanol–water partition coefficient (Wildman–Crippen LogP) is 2.97. The fourth-order valence-corrected chi connectivity index (χ4v) is 2.77. The molecule has 5 heteroatoms. The van der Waals surface area contributed by atoms with Crippen LogP contribution in [0.5, 0.6) is 0 Å². The highest BCUT2D eigenvalue weighted by Gasteiger charge is 2.17. The van der Waals surface area contributed by atoms with E-state index in [1.165, 1.54) is 0 Å². The molecule has 2 aromatic heterocycles. The van der Waals surface area contributed by atoms with Crippen molar-refractivity contribution < 1.29 is 4.79 Å². The van der Waals surface area contributed by atoms with Gasteiger partial charge in [0.15, 0.2) is 0 Å². The first-order chi connectivity index (χ1) is 11.2. The van der Waals surface area contributed by atoms with E-state index in [4.69, 9.17) is 4.98 Å². The van der Waals surface area contributed by atoms with Gasteiger partial charge in [0.2, 0.25) is 5.91 Å². The molecule has 0 atom stereocenters. The lowest BCUT2D eigenvalue weighted by atomic mass is 10.2. The summed E-state index contributed by atoms with van der Waals surface area (Å²) in [7, 11) is 0. The molecule has 0 fully saturated rings. The van der Waals surface area contributed by atoms with Crippen molar-refractivity contribution in [3.05, 3.63) is 48.8 Å². The molecule has 0 unspecified atom stereocenters. The zero-order valence-electron chi connectivity index (χ0n) is 13.4. The van der Waals surface area contributed by atoms with E-state index in [1.807, 2.05) is 59.7 Å². The number of carbonyl (C=O) groups is 1. The Morgan fingerprint density at radius 3 is 2.48 bits per heavy atom. The molecule has 3 aromatic rings. The topological polar surface area (TPSA) is 51.0 Å². The van der Waals surface area contributed by atoms with Gasteiger partial charge in [0.05, 0.1) is 11.0 Å². The van der Waals surface area contributed by atoms with E-state index in [-0.39, 0.29) is 5.91 Å². The average molecular weight is 308 g/mol. The Morgan fingerprint density at radius 2 is 1.78 bits per heavy atom. The van der Waals surface area contributed by atoms with Crippen molar-refractivity contribution in [1.29, 1.82) is 0 Å². The maximum absolute atomic E-state index is 12.6. The van der Waals surface area contributed by atoms with E-state index in [0.717, 1.165) is 22.4 Å². The molecule has 0 radical (unpaired) electrons. The van der Waals surface area contributed by atoms with E-state index in [1.54, 1.807) is 12.4 Å². The molecule has 0 aliphatic carbocycles. The highest BCUT2D eigenvalue weighted by Crippen LogP contribution is 2.24. The first kappa shape index (κ1) is 15.2. The maximum Gasteiger partial charge on any atom is 0.242 e. The number of hydrogen-bond acceptors (Lipinski definition) is 3. The third-order valence-corrected chi connectivity index (χ3v) is 4.00. The van der Waals surface area contributed by atoms with Crippen LogP contribution in [-0.4, -0.2) is 38.4 Å². The van der Waals surface area contributed by atoms with Crippen molar-refractivity contribution in [2.45, 2.75) is 20.4 Å². The SMILES string of the molecule is CCN(CC)C(=O)Cn1c(-c2ccncc2)nc2ccccc21. The van der Waals surface area contributed by atoms with E-state index in [9.17, 15) is 4.79 Å². The van der Waals surface area contributed by atoms with Gasteiger partial charge in [0.25, 0.3) is 0 Å². The molecule has 0 aliphatic heterocycles. The van der Waals surface area contributed by atoms with Crippen LogP contribution in [0, 0.1) is 0 Å². The summed E-state index contributed by atoms with van der Waals surface area (Å²) >= 11 is 0. The zero-order chi connectivity index (χ0) is 16.2. The second kappa shape index (κ2) is 6.60. The molecular weight excluding hydrogens is 288 g/mol. The number of carbonyl (C=O) groups excluding carboxylic acids is 1. The predicted molar refractivity (Wildman–Crippen MR) is 90.9 cm³/mol. The molecule has 0 saturated carbocycles. The van der Waals surface area contributed by atoms with Crippen LogP contribution in [0.1, 0.15) is 13.8 Å². The van der Waals surface area contributed by atoms with Crippen molar-refractivity contribution in [3.63, 3.8) is 0 Å². The van der Waals surface area contributed by atoms with Gasteiger partial charge in [-0.3, -0.25) is 9.78 Å². The van der Waals surface area contributed by atoms with Crippen molar-refractivity contribution in [3.8, 4) is 11.4 Å². The number of nitrogens with zero attached hydrogens (tertiary/aromatic N) is 4. The summed E-state index contributed by atoms with van der Waals surface area (Å²) in [5.41, 5.74) is 2.83. The number of likely N-dealkylation sites (N-methyl/N-ethyl adjacent to an activating group) is 1. The standard InChI is InChI=1S/C18H20N4O/c1-3-21(4-2)17(23)13-22-16-8-6-5-7-15(16)20-18(22)14-9-11-19-12-10-14/h5-12H,3-4,13H2,1-2H3. The van der Waals surface area contributed by atoms with E-state index in [0.29, 0.717) is 19.6 Å². The highest BCUT2D eigenvalue weighted by molar-refractivity contribution is 5.84. The first-order valence-electron chi connectivity index (χ1n) is 7.88. The second-order valence-corrected chi connectivity index (χ2v) is 5.31. The Morgan fingerprint density at radius 1 is 1.09 bits per heavy atom. The van der Waals surface area contributed by atoms with Crippen LogP contribution in [0.25, 0.3) is 22.4 Å². The Bertz CT molecular complexity index is 806. The molecule has 0 spiro atoms. The van der Waals surface area contributed by atoms with E-state index in [2.05, 4.69) is 4.98 Å². The fourth-order valence-electron chi connectivity index (χ4n) is 2.77. The van der Waals surface area contributed by atoms with Crippen LogP contribution >= 0.6 is 0 Å². The number of hydrogen-bond donors (Lipinski definition) is 0. The van der Waals surface area contributed by atoms with Crippen LogP contribution in [0.4, 0.5) is 0 Å². The second-order valence-electron chi connectivity index (χ2n) is 5.31. The van der Waals surface area contributed by atoms with Crippen molar-refractivity contribution in [2.75, 3.05) is 13.1 Å². The number of benzene rings is 1. The van der Waals surface area contributed by atoms with Crippen LogP contribution < -0.4 is 0 Å². The highest BCUT2D eigenvalue weighted by atomic mass is 16.2. The Hall–Kier alpha value is -2.69. The molecule has 118 valence electrons. The lowest BCUT2D eigenvalue weighted by molar-refractivity contribution is -0.131. The Balaban J connectivity index is 2.08. The number of amides is 1. The van der Waals surface area contributed by atoms with Crippen LogP contribution in [0.3, 0.4) is 0 Å². The van der Waals surface area contributed by atoms with Gasteiger partial charge < -0.3 is 9.47 Å². The average Bonchev–Trinajstić information content (AvgIpc) is 2.95. The lowest BCUT2D eigenvalue weighted by Crippen LogP contribution is -2.33. The summed E-state index contributed by atoms with van der Waals surface area (Å²) < 4.78 is 1.99. The number of rotatable bonds is 5. The number of pyridine rings is 1. The zero-order valence-corrected chi connectivity index (χ0v) is 13.4. The summed E-state index contributed by atoms with van der Waals surface area (Å²) in [5, 5.41) is 0. The third kappa shape index (κ3) is 2.95. The van der Waals surface area contributed by atoms with Crippen LogP contribution in [-0.2, 0) is 11.3 Å². The number of para-hydroxylation sites is 2. The third-order valence-electron chi connectivity index (χ3n) is 4.00. The molecule has 0 N–H and O–H groups in total. The molecule has 3 rings (SSSR count). The van der Waals surface area contributed by atoms with Gasteiger partial charge in [-0.05, 0) is 38.1 Å². The first-order valence-corrected chi connectivity index (χ1v) is 7.88. The van der Waals surface area contributed by atoms with Crippen molar-refractivity contribution in [1.82, 2.24) is 19.4 Å².